The quantitative estimate of drug-likeness (QED) is 0.710. The maximum atomic E-state index is 10.4. The van der Waals surface area contributed by atoms with E-state index in [4.69, 9.17) is 4.74 Å². The molecule has 0 amide bonds. The van der Waals surface area contributed by atoms with E-state index < -0.39 is 12.6 Å². The smallest absolute Gasteiger partial charge is 0.151 e. The number of hydrogen-bond acceptors (Lipinski definition) is 6. The minimum absolute atomic E-state index is 0.420. The summed E-state index contributed by atoms with van der Waals surface area (Å²) < 4.78 is 6.71. The molecule has 0 radical (unpaired) electrons. The van der Waals surface area contributed by atoms with Crippen LogP contribution in [0.4, 0.5) is 0 Å². The topological polar surface area (TPSA) is 92.4 Å². The Kier molecular flexibility index (Phi) is 4.09. The summed E-state index contributed by atoms with van der Waals surface area (Å²) in [6, 6.07) is 6.98. The van der Waals surface area contributed by atoms with Gasteiger partial charge in [-0.05, 0) is 26.0 Å². The number of carboxylic acids is 1. The molecular formula is C13H13N4O3-. The highest BCUT2D eigenvalue weighted by atomic mass is 16.5. The van der Waals surface area contributed by atoms with Gasteiger partial charge in [-0.25, -0.2) is 4.68 Å². The van der Waals surface area contributed by atoms with Crippen LogP contribution in [0.2, 0.25) is 0 Å². The van der Waals surface area contributed by atoms with Gasteiger partial charge in [0.2, 0.25) is 0 Å². The number of hydrogen-bond donors (Lipinski definition) is 0. The first-order chi connectivity index (χ1) is 9.58. The second-order valence-corrected chi connectivity index (χ2v) is 4.05. The largest absolute Gasteiger partial charge is 0.546 e. The monoisotopic (exact) mass is 273 g/mol. The Morgan fingerprint density at radius 3 is 2.65 bits per heavy atom. The van der Waals surface area contributed by atoms with E-state index in [2.05, 4.69) is 15.3 Å². The van der Waals surface area contributed by atoms with Crippen molar-refractivity contribution in [3.05, 3.63) is 41.5 Å². The summed E-state index contributed by atoms with van der Waals surface area (Å²) >= 11 is 0. The van der Waals surface area contributed by atoms with E-state index in [1.54, 1.807) is 49.0 Å². The van der Waals surface area contributed by atoms with E-state index >= 15 is 0 Å². The third kappa shape index (κ3) is 3.19. The number of nitrogens with zero attached hydrogens (tertiary/aromatic N) is 4. The summed E-state index contributed by atoms with van der Waals surface area (Å²) in [4.78, 5) is 10.4. The van der Waals surface area contributed by atoms with E-state index in [1.165, 1.54) is 0 Å². The molecule has 1 heterocycles. The van der Waals surface area contributed by atoms with Crippen LogP contribution in [-0.2, 0) is 4.79 Å². The third-order valence-electron chi connectivity index (χ3n) is 2.53. The summed E-state index contributed by atoms with van der Waals surface area (Å²) in [5.41, 5.74) is 0.654. The lowest BCUT2D eigenvalue weighted by atomic mass is 10.2. The van der Waals surface area contributed by atoms with Crippen molar-refractivity contribution in [1.29, 1.82) is 0 Å². The molecule has 0 fully saturated rings. The molecular weight excluding hydrogens is 260 g/mol. The molecule has 0 aliphatic rings. The van der Waals surface area contributed by atoms with Crippen molar-refractivity contribution in [2.75, 3.05) is 6.61 Å². The van der Waals surface area contributed by atoms with Gasteiger partial charge >= 0.3 is 0 Å². The summed E-state index contributed by atoms with van der Waals surface area (Å²) in [5.74, 6) is 0.463. The van der Waals surface area contributed by atoms with Crippen LogP contribution in [0.5, 0.6) is 5.75 Å². The van der Waals surface area contributed by atoms with Crippen LogP contribution in [0, 0.1) is 13.8 Å². The molecule has 2 rings (SSSR count). The average Bonchev–Trinajstić information content (AvgIpc) is 2.74. The second-order valence-electron chi connectivity index (χ2n) is 4.05. The van der Waals surface area contributed by atoms with Crippen LogP contribution in [-0.4, -0.2) is 33.7 Å². The van der Waals surface area contributed by atoms with Crippen LogP contribution in [0.15, 0.2) is 29.4 Å². The van der Waals surface area contributed by atoms with Gasteiger partial charge in [-0.2, -0.15) is 5.10 Å². The molecule has 0 unspecified atom stereocenters. The van der Waals surface area contributed by atoms with Gasteiger partial charge in [-0.3, -0.25) is 0 Å². The summed E-state index contributed by atoms with van der Waals surface area (Å²) in [6.45, 7) is 3.07. The van der Waals surface area contributed by atoms with Gasteiger partial charge in [0, 0.05) is 5.56 Å². The number of ether oxygens (including phenoxy) is 1. The van der Waals surface area contributed by atoms with Crippen LogP contribution >= 0.6 is 0 Å². The fourth-order valence-corrected chi connectivity index (χ4v) is 1.61. The predicted molar refractivity (Wildman–Crippen MR) is 69.4 cm³/mol. The Labute approximate surface area is 115 Å². The molecule has 0 bridgehead atoms. The van der Waals surface area contributed by atoms with E-state index in [0.29, 0.717) is 23.0 Å². The van der Waals surface area contributed by atoms with Crippen molar-refractivity contribution in [1.82, 2.24) is 14.9 Å². The zero-order valence-electron chi connectivity index (χ0n) is 11.1. The molecule has 1 aromatic carbocycles. The van der Waals surface area contributed by atoms with Gasteiger partial charge in [0.05, 0.1) is 12.2 Å². The molecule has 7 heteroatoms. The van der Waals surface area contributed by atoms with Crippen molar-refractivity contribution in [3.8, 4) is 5.75 Å². The van der Waals surface area contributed by atoms with Crippen molar-refractivity contribution in [3.63, 3.8) is 0 Å². The first-order valence-corrected chi connectivity index (χ1v) is 5.92. The zero-order valence-corrected chi connectivity index (χ0v) is 11.1. The highest BCUT2D eigenvalue weighted by molar-refractivity contribution is 5.83. The number of benzene rings is 1. The Hall–Kier alpha value is -2.70. The Balaban J connectivity index is 2.23. The molecule has 0 aliphatic heterocycles. The van der Waals surface area contributed by atoms with E-state index in [-0.39, 0.29) is 0 Å². The normalized spacial score (nSPS) is 10.9. The summed E-state index contributed by atoms with van der Waals surface area (Å²) in [6.07, 6.45) is 1.56. The Morgan fingerprint density at radius 2 is 2.00 bits per heavy atom. The van der Waals surface area contributed by atoms with Gasteiger partial charge < -0.3 is 14.6 Å². The van der Waals surface area contributed by atoms with Crippen LogP contribution in [0.25, 0.3) is 0 Å². The molecule has 0 N–H and O–H groups in total. The minimum atomic E-state index is -1.28. The molecule has 20 heavy (non-hydrogen) atoms. The zero-order chi connectivity index (χ0) is 14.5. The number of aliphatic carboxylic acids is 1. The fourth-order valence-electron chi connectivity index (χ4n) is 1.61. The molecule has 0 aliphatic carbocycles. The van der Waals surface area contributed by atoms with Gasteiger partial charge in [-0.15, -0.1) is 10.2 Å². The lowest BCUT2D eigenvalue weighted by molar-refractivity contribution is -0.307. The fraction of sp³-hybridized carbons (Fsp3) is 0.231. The standard InChI is InChI=1S/C13H14N4O3/c1-9-15-16-10(2)17(9)14-7-11-5-3-4-6-12(11)20-8-13(18)19/h3-7H,8H2,1-2H3,(H,18,19)/p-1. The SMILES string of the molecule is Cc1nnc(C)n1N=Cc1ccccc1OCC(=O)[O-]. The van der Waals surface area contributed by atoms with Crippen molar-refractivity contribution in [2.24, 2.45) is 5.10 Å². The third-order valence-corrected chi connectivity index (χ3v) is 2.53. The van der Waals surface area contributed by atoms with Crippen LogP contribution in [0.3, 0.4) is 0 Å². The first kappa shape index (κ1) is 13.7. The summed E-state index contributed by atoms with van der Waals surface area (Å²) in [7, 11) is 0. The first-order valence-electron chi connectivity index (χ1n) is 5.92. The number of carboxylic acid groups (broad SMARTS) is 1. The highest BCUT2D eigenvalue weighted by Gasteiger charge is 2.03. The van der Waals surface area contributed by atoms with Crippen LogP contribution < -0.4 is 9.84 Å². The van der Waals surface area contributed by atoms with E-state index in [0.717, 1.165) is 0 Å². The molecule has 7 nitrogen and oxygen atoms in total. The van der Waals surface area contributed by atoms with Gasteiger partial charge in [-0.1, -0.05) is 12.1 Å². The maximum absolute atomic E-state index is 10.4. The van der Waals surface area contributed by atoms with Crippen LogP contribution in [0.1, 0.15) is 17.2 Å². The number of para-hydroxylation sites is 1. The molecule has 2 aromatic rings. The molecule has 104 valence electrons. The predicted octanol–water partition coefficient (Wildman–Crippen LogP) is -0.0942. The van der Waals surface area contributed by atoms with E-state index in [9.17, 15) is 9.90 Å². The van der Waals surface area contributed by atoms with Crippen molar-refractivity contribution < 1.29 is 14.6 Å². The van der Waals surface area contributed by atoms with Gasteiger partial charge in [0.25, 0.3) is 0 Å². The van der Waals surface area contributed by atoms with Gasteiger partial charge in [0.1, 0.15) is 12.4 Å². The highest BCUT2D eigenvalue weighted by Crippen LogP contribution is 2.15. The molecule has 1 aromatic heterocycles. The number of aromatic nitrogens is 3. The summed E-state index contributed by atoms with van der Waals surface area (Å²) in [5, 5.41) is 22.5. The molecule has 0 spiro atoms. The second kappa shape index (κ2) is 5.96. The lowest BCUT2D eigenvalue weighted by Crippen LogP contribution is -2.29. The molecule has 0 saturated heterocycles. The lowest BCUT2D eigenvalue weighted by Gasteiger charge is -2.09. The van der Waals surface area contributed by atoms with Crippen molar-refractivity contribution >= 4 is 12.2 Å². The number of rotatable bonds is 5. The van der Waals surface area contributed by atoms with Gasteiger partial charge in [0.15, 0.2) is 11.6 Å². The van der Waals surface area contributed by atoms with Crippen molar-refractivity contribution in [2.45, 2.75) is 13.8 Å². The number of carbonyl (C=O) groups excluding carboxylic acids is 1. The number of aryl methyl sites for hydroxylation is 2. The maximum Gasteiger partial charge on any atom is 0.151 e. The van der Waals surface area contributed by atoms with E-state index in [1.807, 2.05) is 0 Å². The average molecular weight is 273 g/mol. The number of carbonyl (C=O) groups is 1. The minimum Gasteiger partial charge on any atom is -0.546 e. The Bertz CT molecular complexity index is 629. The molecule has 0 saturated carbocycles. The molecule has 0 atom stereocenters. The Morgan fingerprint density at radius 1 is 1.35 bits per heavy atom.